The fraction of sp³-hybridized carbons (Fsp3) is 0.500. The summed E-state index contributed by atoms with van der Waals surface area (Å²) in [5, 5.41) is 0. The zero-order valence-electron chi connectivity index (χ0n) is 18.1. The minimum absolute atomic E-state index is 0.136. The fourth-order valence-corrected chi connectivity index (χ4v) is 4.57. The standard InChI is InChI=1S/C20H29N3O6S/c1-7-28-15-10-9-14(11-16(15)29-8-2)18(13(3)4)21-30(26,27)17-12-22(5)20(25)23(6)19(17)24/h9-13,18,21H,7-8H2,1-6H3/t18-/m0/s1. The van der Waals surface area contributed by atoms with E-state index in [9.17, 15) is 18.0 Å². The Kier molecular flexibility index (Phi) is 7.49. The number of nitrogens with one attached hydrogen (secondary N) is 1. The Balaban J connectivity index is 2.52. The maximum Gasteiger partial charge on any atom is 0.330 e. The number of aromatic nitrogens is 2. The number of ether oxygens (including phenoxy) is 2. The van der Waals surface area contributed by atoms with Gasteiger partial charge in [-0.1, -0.05) is 19.9 Å². The molecule has 30 heavy (non-hydrogen) atoms. The molecule has 2 aromatic rings. The summed E-state index contributed by atoms with van der Waals surface area (Å²) < 4.78 is 41.7. The summed E-state index contributed by atoms with van der Waals surface area (Å²) in [5.41, 5.74) is -0.816. The zero-order chi connectivity index (χ0) is 22.6. The molecule has 0 aliphatic heterocycles. The van der Waals surface area contributed by atoms with E-state index in [0.29, 0.717) is 30.3 Å². The normalized spacial score (nSPS) is 12.8. The van der Waals surface area contributed by atoms with E-state index in [1.165, 1.54) is 14.1 Å². The number of benzene rings is 1. The Morgan fingerprint density at radius 1 is 1.03 bits per heavy atom. The first-order chi connectivity index (χ1) is 14.0. The van der Waals surface area contributed by atoms with Crippen LogP contribution in [0.3, 0.4) is 0 Å². The molecule has 0 saturated heterocycles. The van der Waals surface area contributed by atoms with Crippen LogP contribution in [0, 0.1) is 5.92 Å². The smallest absolute Gasteiger partial charge is 0.330 e. The van der Waals surface area contributed by atoms with Crippen molar-refractivity contribution in [2.45, 2.75) is 38.6 Å². The molecule has 1 heterocycles. The highest BCUT2D eigenvalue weighted by Gasteiger charge is 2.28. The molecule has 0 bridgehead atoms. The van der Waals surface area contributed by atoms with Crippen LogP contribution >= 0.6 is 0 Å². The molecule has 1 aromatic heterocycles. The SMILES string of the molecule is CCOc1ccc([C@@H](NS(=O)(=O)c2cn(C)c(=O)n(C)c2=O)C(C)C)cc1OCC. The Bertz CT molecular complexity index is 1120. The van der Waals surface area contributed by atoms with Gasteiger partial charge in [-0.2, -0.15) is 0 Å². The van der Waals surface area contributed by atoms with Crippen molar-refractivity contribution < 1.29 is 17.9 Å². The molecule has 2 rings (SSSR count). The summed E-state index contributed by atoms with van der Waals surface area (Å²) in [4.78, 5) is 23.8. The van der Waals surface area contributed by atoms with Gasteiger partial charge >= 0.3 is 5.69 Å². The minimum atomic E-state index is -4.21. The quantitative estimate of drug-likeness (QED) is 0.635. The predicted octanol–water partition coefficient (Wildman–Crippen LogP) is 1.56. The molecule has 0 fully saturated rings. The molecule has 1 aromatic carbocycles. The monoisotopic (exact) mass is 439 g/mol. The lowest BCUT2D eigenvalue weighted by Gasteiger charge is -2.24. The molecule has 166 valence electrons. The number of nitrogens with zero attached hydrogens (tertiary/aromatic N) is 2. The minimum Gasteiger partial charge on any atom is -0.490 e. The van der Waals surface area contributed by atoms with Gasteiger partial charge in [0.25, 0.3) is 5.56 Å². The first-order valence-corrected chi connectivity index (χ1v) is 11.2. The summed E-state index contributed by atoms with van der Waals surface area (Å²) >= 11 is 0. The third-order valence-corrected chi connectivity index (χ3v) is 6.00. The Morgan fingerprint density at radius 3 is 2.20 bits per heavy atom. The summed E-state index contributed by atoms with van der Waals surface area (Å²) in [6.45, 7) is 8.33. The molecule has 0 saturated carbocycles. The van der Waals surface area contributed by atoms with Crippen molar-refractivity contribution in [2.75, 3.05) is 13.2 Å². The predicted molar refractivity (Wildman–Crippen MR) is 114 cm³/mol. The van der Waals surface area contributed by atoms with Crippen molar-refractivity contribution in [3.63, 3.8) is 0 Å². The molecular weight excluding hydrogens is 410 g/mol. The van der Waals surface area contributed by atoms with Crippen molar-refractivity contribution in [1.29, 1.82) is 0 Å². The number of hydrogen-bond donors (Lipinski definition) is 1. The second-order valence-electron chi connectivity index (χ2n) is 7.17. The van der Waals surface area contributed by atoms with Crippen LogP contribution in [-0.4, -0.2) is 30.8 Å². The van der Waals surface area contributed by atoms with Gasteiger partial charge in [0.1, 0.15) is 0 Å². The van der Waals surface area contributed by atoms with E-state index in [1.54, 1.807) is 18.2 Å². The van der Waals surface area contributed by atoms with Crippen LogP contribution in [0.15, 0.2) is 38.9 Å². The largest absolute Gasteiger partial charge is 0.490 e. The molecule has 1 N–H and O–H groups in total. The van der Waals surface area contributed by atoms with E-state index in [0.717, 1.165) is 15.3 Å². The number of sulfonamides is 1. The molecule has 0 aliphatic rings. The van der Waals surface area contributed by atoms with Gasteiger partial charge in [0.2, 0.25) is 10.0 Å². The highest BCUT2D eigenvalue weighted by Crippen LogP contribution is 2.33. The number of aryl methyl sites for hydroxylation is 1. The van der Waals surface area contributed by atoms with Crippen LogP contribution < -0.4 is 25.4 Å². The number of rotatable bonds is 9. The molecule has 0 aliphatic carbocycles. The second-order valence-corrected chi connectivity index (χ2v) is 8.85. The first-order valence-electron chi connectivity index (χ1n) is 9.72. The van der Waals surface area contributed by atoms with Gasteiger partial charge in [-0.15, -0.1) is 0 Å². The first kappa shape index (κ1) is 23.7. The molecule has 0 spiro atoms. The summed E-state index contributed by atoms with van der Waals surface area (Å²) in [6.07, 6.45) is 1.04. The van der Waals surface area contributed by atoms with Gasteiger partial charge in [0.05, 0.1) is 13.2 Å². The summed E-state index contributed by atoms with van der Waals surface area (Å²) in [6, 6.07) is 4.60. The van der Waals surface area contributed by atoms with Gasteiger partial charge in [-0.05, 0) is 37.5 Å². The van der Waals surface area contributed by atoms with Gasteiger partial charge in [0.15, 0.2) is 16.4 Å². The van der Waals surface area contributed by atoms with Gasteiger partial charge < -0.3 is 14.0 Å². The lowest BCUT2D eigenvalue weighted by Crippen LogP contribution is -2.42. The van der Waals surface area contributed by atoms with E-state index >= 15 is 0 Å². The molecule has 9 nitrogen and oxygen atoms in total. The maximum absolute atomic E-state index is 13.0. The maximum atomic E-state index is 13.0. The van der Waals surface area contributed by atoms with Crippen LogP contribution in [0.2, 0.25) is 0 Å². The average molecular weight is 440 g/mol. The van der Waals surface area contributed by atoms with Gasteiger partial charge in [0, 0.05) is 26.3 Å². The van der Waals surface area contributed by atoms with Gasteiger partial charge in [-0.3, -0.25) is 9.36 Å². The van der Waals surface area contributed by atoms with Crippen LogP contribution in [0.4, 0.5) is 0 Å². The van der Waals surface area contributed by atoms with E-state index < -0.39 is 32.2 Å². The highest BCUT2D eigenvalue weighted by atomic mass is 32.2. The van der Waals surface area contributed by atoms with Crippen LogP contribution in [0.25, 0.3) is 0 Å². The highest BCUT2D eigenvalue weighted by molar-refractivity contribution is 7.89. The van der Waals surface area contributed by atoms with Crippen molar-refractivity contribution >= 4 is 10.0 Å². The van der Waals surface area contributed by atoms with Crippen LogP contribution in [-0.2, 0) is 24.1 Å². The van der Waals surface area contributed by atoms with Crippen LogP contribution in [0.1, 0.15) is 39.3 Å². The van der Waals surface area contributed by atoms with Crippen molar-refractivity contribution in [1.82, 2.24) is 13.9 Å². The van der Waals surface area contributed by atoms with Crippen molar-refractivity contribution in [2.24, 2.45) is 20.0 Å². The fourth-order valence-electron chi connectivity index (χ4n) is 3.04. The van der Waals surface area contributed by atoms with Gasteiger partial charge in [-0.25, -0.2) is 17.9 Å². The lowest BCUT2D eigenvalue weighted by atomic mass is 9.97. The molecule has 0 unspecified atom stereocenters. The van der Waals surface area contributed by atoms with Crippen LogP contribution in [0.5, 0.6) is 11.5 Å². The van der Waals surface area contributed by atoms with E-state index in [4.69, 9.17) is 9.47 Å². The van der Waals surface area contributed by atoms with Crippen molar-refractivity contribution in [3.05, 3.63) is 50.8 Å². The Morgan fingerprint density at radius 2 is 1.63 bits per heavy atom. The summed E-state index contributed by atoms with van der Waals surface area (Å²) in [7, 11) is -1.57. The van der Waals surface area contributed by atoms with E-state index in [1.807, 2.05) is 27.7 Å². The number of hydrogen-bond acceptors (Lipinski definition) is 6. The molecule has 10 heteroatoms. The Hall–Kier alpha value is -2.59. The molecule has 1 atom stereocenters. The molecular formula is C20H29N3O6S. The zero-order valence-corrected chi connectivity index (χ0v) is 18.9. The van der Waals surface area contributed by atoms with Crippen molar-refractivity contribution in [3.8, 4) is 11.5 Å². The topological polar surface area (TPSA) is 109 Å². The van der Waals surface area contributed by atoms with E-state index in [-0.39, 0.29) is 5.92 Å². The third-order valence-electron chi connectivity index (χ3n) is 4.58. The third kappa shape index (κ3) is 4.93. The molecule has 0 radical (unpaired) electrons. The lowest BCUT2D eigenvalue weighted by molar-refractivity contribution is 0.287. The average Bonchev–Trinajstić information content (AvgIpc) is 2.68. The second kappa shape index (κ2) is 9.48. The summed E-state index contributed by atoms with van der Waals surface area (Å²) in [5.74, 6) is 0.948. The van der Waals surface area contributed by atoms with E-state index in [2.05, 4.69) is 4.72 Å². The molecule has 0 amide bonds. The Labute approximate surface area is 176 Å².